The number of carbonyl (C=O) groups is 4. The van der Waals surface area contributed by atoms with E-state index in [0.29, 0.717) is 11.1 Å². The van der Waals surface area contributed by atoms with Crippen molar-refractivity contribution in [3.63, 3.8) is 0 Å². The van der Waals surface area contributed by atoms with Gasteiger partial charge in [0.15, 0.2) is 0 Å². The first-order valence-corrected chi connectivity index (χ1v) is 11.1. The lowest BCUT2D eigenvalue weighted by Crippen LogP contribution is -2.10. The quantitative estimate of drug-likeness (QED) is 0.209. The van der Waals surface area contributed by atoms with Gasteiger partial charge in [-0.25, -0.2) is 19.2 Å². The van der Waals surface area contributed by atoms with E-state index in [-0.39, 0.29) is 45.3 Å². The number of esters is 4. The van der Waals surface area contributed by atoms with Crippen LogP contribution in [0.15, 0.2) is 85.0 Å². The molecule has 0 atom stereocenters. The van der Waals surface area contributed by atoms with Crippen molar-refractivity contribution in [3.05, 3.63) is 96.1 Å². The molecule has 0 heterocycles. The van der Waals surface area contributed by atoms with Gasteiger partial charge in [-0.1, -0.05) is 38.2 Å². The summed E-state index contributed by atoms with van der Waals surface area (Å²) in [6.07, 6.45) is 0. The highest BCUT2D eigenvalue weighted by Gasteiger charge is 2.13. The van der Waals surface area contributed by atoms with E-state index < -0.39 is 23.9 Å². The molecule has 2 rings (SSSR count). The van der Waals surface area contributed by atoms with Crippen LogP contribution < -0.4 is 18.9 Å². The Kier molecular flexibility index (Phi) is 9.71. The van der Waals surface area contributed by atoms with Gasteiger partial charge in [0, 0.05) is 45.6 Å². The summed E-state index contributed by atoms with van der Waals surface area (Å²) >= 11 is 0. The fraction of sp³-hybridized carbons (Fsp3) is 0.133. The molecule has 0 aliphatic carbocycles. The van der Waals surface area contributed by atoms with Gasteiger partial charge in [-0.05, 0) is 52.0 Å². The maximum atomic E-state index is 12.0. The number of hydrogen-bond acceptors (Lipinski definition) is 8. The first-order chi connectivity index (χ1) is 17.7. The Labute approximate surface area is 220 Å². The summed E-state index contributed by atoms with van der Waals surface area (Å²) in [4.78, 5) is 48.1. The van der Waals surface area contributed by atoms with Crippen LogP contribution in [0.2, 0.25) is 0 Å². The minimum atomic E-state index is -0.678. The zero-order valence-electron chi connectivity index (χ0n) is 21.6. The lowest BCUT2D eigenvalue weighted by molar-refractivity contribution is -0.131. The summed E-state index contributed by atoms with van der Waals surface area (Å²) in [6, 6.07) is 8.52. The Bertz CT molecular complexity index is 1250. The highest BCUT2D eigenvalue weighted by molar-refractivity contribution is 5.91. The Balaban J connectivity index is 2.54. The van der Waals surface area contributed by atoms with E-state index in [2.05, 4.69) is 38.2 Å². The van der Waals surface area contributed by atoms with Crippen molar-refractivity contribution in [2.24, 2.45) is 0 Å². The van der Waals surface area contributed by atoms with Crippen LogP contribution in [0.4, 0.5) is 0 Å². The van der Waals surface area contributed by atoms with Crippen molar-refractivity contribution < 1.29 is 38.1 Å². The number of ether oxygens (including phenoxy) is 4. The van der Waals surface area contributed by atoms with Gasteiger partial charge in [0.05, 0.1) is 0 Å². The highest BCUT2D eigenvalue weighted by Crippen LogP contribution is 2.26. The molecule has 0 bridgehead atoms. The first-order valence-electron chi connectivity index (χ1n) is 11.1. The molecule has 0 aliphatic rings. The topological polar surface area (TPSA) is 105 Å². The van der Waals surface area contributed by atoms with Crippen LogP contribution in [0, 0.1) is 11.8 Å². The molecule has 0 spiro atoms. The fourth-order valence-electron chi connectivity index (χ4n) is 2.44. The monoisotopic (exact) mass is 514 g/mol. The van der Waals surface area contributed by atoms with Crippen LogP contribution in [0.3, 0.4) is 0 Å². The highest BCUT2D eigenvalue weighted by atomic mass is 16.6. The van der Waals surface area contributed by atoms with E-state index in [1.54, 1.807) is 0 Å². The van der Waals surface area contributed by atoms with Gasteiger partial charge >= 0.3 is 23.9 Å². The molecule has 0 unspecified atom stereocenters. The van der Waals surface area contributed by atoms with E-state index in [4.69, 9.17) is 18.9 Å². The first kappa shape index (κ1) is 29.1. The number of benzene rings is 2. The average Bonchev–Trinajstić information content (AvgIpc) is 2.82. The second-order valence-corrected chi connectivity index (χ2v) is 8.32. The Morgan fingerprint density at radius 1 is 0.474 bits per heavy atom. The fourth-order valence-corrected chi connectivity index (χ4v) is 2.44. The van der Waals surface area contributed by atoms with E-state index in [1.165, 1.54) is 64.1 Å². The Hall–Kier alpha value is -5.16. The predicted molar refractivity (Wildman–Crippen MR) is 141 cm³/mol. The van der Waals surface area contributed by atoms with Gasteiger partial charge in [0.2, 0.25) is 0 Å². The molecule has 8 heteroatoms. The Morgan fingerprint density at radius 2 is 0.684 bits per heavy atom. The van der Waals surface area contributed by atoms with Gasteiger partial charge in [0.1, 0.15) is 23.0 Å². The maximum Gasteiger partial charge on any atom is 0.338 e. The van der Waals surface area contributed by atoms with Gasteiger partial charge in [-0.15, -0.1) is 0 Å². The molecular formula is C30H26O8. The average molecular weight is 515 g/mol. The van der Waals surface area contributed by atoms with Crippen molar-refractivity contribution in [1.82, 2.24) is 0 Å². The van der Waals surface area contributed by atoms with Crippen LogP contribution >= 0.6 is 0 Å². The molecular weight excluding hydrogens is 488 g/mol. The lowest BCUT2D eigenvalue weighted by atomic mass is 10.1. The molecule has 38 heavy (non-hydrogen) atoms. The van der Waals surface area contributed by atoms with Crippen LogP contribution in [0.1, 0.15) is 38.8 Å². The number of rotatable bonds is 8. The van der Waals surface area contributed by atoms with E-state index in [0.717, 1.165) is 0 Å². The van der Waals surface area contributed by atoms with Crippen molar-refractivity contribution in [2.75, 3.05) is 0 Å². The molecule has 0 saturated carbocycles. The molecule has 0 aliphatic heterocycles. The molecule has 2 aromatic carbocycles. The number of hydrogen-bond donors (Lipinski definition) is 0. The summed E-state index contributed by atoms with van der Waals surface area (Å²) in [6.45, 7) is 20.1. The standard InChI is InChI=1S/C30H26O8/c1-17(2)27(31)35-23-11-21(12-24(15-23)36-28(32)18(3)4)9-10-22-13-25(37-29(33)19(5)6)16-26(14-22)38-30(34)20(7)8/h11-16H,1,3,5,7H2,2,4,6,8H3. The molecule has 2 aromatic rings. The number of carbonyl (C=O) groups excluding carboxylic acids is 4. The van der Waals surface area contributed by atoms with Gasteiger partial charge < -0.3 is 18.9 Å². The second kappa shape index (κ2) is 12.7. The SMILES string of the molecule is C=C(C)C(=O)Oc1cc(C#Cc2cc(OC(=O)C(=C)C)cc(OC(=O)C(=C)C)c2)cc(OC(=O)C(=C)C)c1. The third kappa shape index (κ3) is 8.81. The largest absolute Gasteiger partial charge is 0.423 e. The van der Waals surface area contributed by atoms with Crippen LogP contribution in [-0.2, 0) is 19.2 Å². The zero-order chi connectivity index (χ0) is 28.6. The minimum Gasteiger partial charge on any atom is -0.423 e. The summed E-state index contributed by atoms with van der Waals surface area (Å²) in [7, 11) is 0. The summed E-state index contributed by atoms with van der Waals surface area (Å²) in [5.41, 5.74) is 1.29. The molecule has 0 radical (unpaired) electrons. The van der Waals surface area contributed by atoms with E-state index >= 15 is 0 Å². The van der Waals surface area contributed by atoms with Crippen molar-refractivity contribution in [3.8, 4) is 34.8 Å². The van der Waals surface area contributed by atoms with Gasteiger partial charge in [0.25, 0.3) is 0 Å². The summed E-state index contributed by atoms with van der Waals surface area (Å²) < 4.78 is 21.1. The van der Waals surface area contributed by atoms with Crippen LogP contribution in [0.25, 0.3) is 0 Å². The molecule has 0 fully saturated rings. The Morgan fingerprint density at radius 3 is 0.868 bits per heavy atom. The van der Waals surface area contributed by atoms with E-state index in [9.17, 15) is 19.2 Å². The van der Waals surface area contributed by atoms with Crippen molar-refractivity contribution in [1.29, 1.82) is 0 Å². The molecule has 0 amide bonds. The van der Waals surface area contributed by atoms with Gasteiger partial charge in [-0.2, -0.15) is 0 Å². The van der Waals surface area contributed by atoms with Crippen molar-refractivity contribution in [2.45, 2.75) is 27.7 Å². The summed E-state index contributed by atoms with van der Waals surface area (Å²) in [5.74, 6) is 3.27. The smallest absolute Gasteiger partial charge is 0.338 e. The summed E-state index contributed by atoms with van der Waals surface area (Å²) in [5, 5.41) is 0. The zero-order valence-corrected chi connectivity index (χ0v) is 21.6. The van der Waals surface area contributed by atoms with Crippen LogP contribution in [-0.4, -0.2) is 23.9 Å². The minimum absolute atomic E-state index is 0.0644. The third-order valence-corrected chi connectivity index (χ3v) is 4.35. The van der Waals surface area contributed by atoms with E-state index in [1.807, 2.05) is 0 Å². The molecule has 0 N–H and O–H groups in total. The lowest BCUT2D eigenvalue weighted by Gasteiger charge is -2.09. The second-order valence-electron chi connectivity index (χ2n) is 8.32. The third-order valence-electron chi connectivity index (χ3n) is 4.35. The van der Waals surface area contributed by atoms with Gasteiger partial charge in [-0.3, -0.25) is 0 Å². The molecule has 8 nitrogen and oxygen atoms in total. The normalized spacial score (nSPS) is 9.68. The van der Waals surface area contributed by atoms with Crippen LogP contribution in [0.5, 0.6) is 23.0 Å². The predicted octanol–water partition coefficient (Wildman–Crippen LogP) is 5.01. The molecule has 194 valence electrons. The molecule has 0 aromatic heterocycles. The molecule has 0 saturated heterocycles. The maximum absolute atomic E-state index is 12.0. The van der Waals surface area contributed by atoms with Crippen molar-refractivity contribution >= 4 is 23.9 Å².